The monoisotopic (exact) mass is 205 g/mol. The molecule has 1 rings (SSSR count). The number of hydrogen-bond donors (Lipinski definition) is 2. The molecule has 3 nitrogen and oxygen atoms in total. The van der Waals surface area contributed by atoms with Gasteiger partial charge < -0.3 is 10.1 Å². The molecule has 0 bridgehead atoms. The van der Waals surface area contributed by atoms with Crippen LogP contribution in [0.15, 0.2) is 0 Å². The van der Waals surface area contributed by atoms with E-state index >= 15 is 0 Å². The van der Waals surface area contributed by atoms with Gasteiger partial charge in [0.25, 0.3) is 6.47 Å². The normalized spacial score (nSPS) is 21.7. The predicted molar refractivity (Wildman–Crippen MR) is 57.2 cm³/mol. The van der Waals surface area contributed by atoms with E-state index in [0.717, 1.165) is 13.1 Å². The molecule has 0 aliphatic carbocycles. The van der Waals surface area contributed by atoms with Crippen molar-refractivity contribution >= 4 is 19.1 Å². The minimum atomic E-state index is -0.318. The van der Waals surface area contributed by atoms with E-state index in [4.69, 9.17) is 0 Å². The third-order valence-corrected chi connectivity index (χ3v) is 1.88. The molecule has 78 valence electrons. The van der Waals surface area contributed by atoms with Crippen LogP contribution >= 0.6 is 12.6 Å². The maximum absolute atomic E-state index is 9.60. The number of nitrogens with one attached hydrogen (secondary N) is 1. The summed E-state index contributed by atoms with van der Waals surface area (Å²) in [6, 6.07) is 0. The van der Waals surface area contributed by atoms with Crippen LogP contribution in [0.2, 0.25) is 0 Å². The van der Waals surface area contributed by atoms with Crippen LogP contribution in [0.5, 0.6) is 0 Å². The second-order valence-electron chi connectivity index (χ2n) is 3.97. The lowest BCUT2D eigenvalue weighted by atomic mass is 10.2. The number of hydrogen-bond acceptors (Lipinski definition) is 4. The van der Waals surface area contributed by atoms with Crippen LogP contribution in [0.4, 0.5) is 0 Å². The minimum absolute atomic E-state index is 0.318. The Bertz CT molecular complexity index is 139. The molecule has 0 aromatic carbocycles. The first-order valence-electron chi connectivity index (χ1n) is 4.46. The standard InChI is InChI=1S/C5H10O2.C4H9NS/c1-5(2,3)7-4-6;6-4-1-2-5-3-4/h4H,1-3H3;4-6H,1-3H2/t;4-/m.0/s1. The molecule has 0 amide bonds. The third-order valence-electron chi connectivity index (χ3n) is 1.44. The highest BCUT2D eigenvalue weighted by Crippen LogP contribution is 2.03. The van der Waals surface area contributed by atoms with Crippen molar-refractivity contribution in [2.24, 2.45) is 0 Å². The summed E-state index contributed by atoms with van der Waals surface area (Å²) in [6.07, 6.45) is 1.24. The van der Waals surface area contributed by atoms with Gasteiger partial charge in [0.2, 0.25) is 0 Å². The molecule has 0 radical (unpaired) electrons. The zero-order chi connectivity index (χ0) is 10.3. The number of carbonyl (C=O) groups is 1. The van der Waals surface area contributed by atoms with E-state index in [2.05, 4.69) is 22.7 Å². The van der Waals surface area contributed by atoms with Gasteiger partial charge in [-0.05, 0) is 33.7 Å². The fraction of sp³-hybridized carbons (Fsp3) is 0.889. The zero-order valence-corrected chi connectivity index (χ0v) is 9.43. The highest BCUT2D eigenvalue weighted by Gasteiger charge is 2.07. The molecule has 0 saturated carbocycles. The average Bonchev–Trinajstić information content (AvgIpc) is 2.38. The fourth-order valence-corrected chi connectivity index (χ4v) is 1.04. The summed E-state index contributed by atoms with van der Waals surface area (Å²) in [5, 5.41) is 3.83. The van der Waals surface area contributed by atoms with Crippen LogP contribution in [0.1, 0.15) is 27.2 Å². The van der Waals surface area contributed by atoms with Gasteiger partial charge in [-0.25, -0.2) is 0 Å². The fourth-order valence-electron chi connectivity index (χ4n) is 0.784. The minimum Gasteiger partial charge on any atom is -0.462 e. The van der Waals surface area contributed by atoms with Crippen molar-refractivity contribution < 1.29 is 9.53 Å². The molecule has 1 fully saturated rings. The van der Waals surface area contributed by atoms with E-state index in [-0.39, 0.29) is 5.60 Å². The first-order valence-corrected chi connectivity index (χ1v) is 4.97. The van der Waals surface area contributed by atoms with Crippen LogP contribution in [0, 0.1) is 0 Å². The molecule has 1 aliphatic rings. The van der Waals surface area contributed by atoms with E-state index in [1.807, 2.05) is 20.8 Å². The summed E-state index contributed by atoms with van der Waals surface area (Å²) in [6.45, 7) is 8.18. The predicted octanol–water partition coefficient (Wildman–Crippen LogP) is 1.24. The van der Waals surface area contributed by atoms with Crippen molar-refractivity contribution in [2.45, 2.75) is 38.0 Å². The van der Waals surface area contributed by atoms with Crippen molar-refractivity contribution in [3.8, 4) is 0 Å². The van der Waals surface area contributed by atoms with Crippen LogP contribution in [-0.2, 0) is 9.53 Å². The quantitative estimate of drug-likeness (QED) is 0.499. The lowest BCUT2D eigenvalue weighted by Gasteiger charge is -2.14. The Morgan fingerprint density at radius 2 is 2.15 bits per heavy atom. The maximum atomic E-state index is 9.60. The molecule has 1 N–H and O–H groups in total. The van der Waals surface area contributed by atoms with Crippen LogP contribution < -0.4 is 5.32 Å². The molecule has 4 heteroatoms. The van der Waals surface area contributed by atoms with Crippen molar-refractivity contribution in [1.82, 2.24) is 5.32 Å². The third kappa shape index (κ3) is 9.70. The summed E-state index contributed by atoms with van der Waals surface area (Å²) >= 11 is 4.23. The Kier molecular flexibility index (Phi) is 6.16. The summed E-state index contributed by atoms with van der Waals surface area (Å²) in [5.41, 5.74) is -0.318. The number of carbonyl (C=O) groups excluding carboxylic acids is 1. The highest BCUT2D eigenvalue weighted by atomic mass is 32.1. The smallest absolute Gasteiger partial charge is 0.293 e. The van der Waals surface area contributed by atoms with Gasteiger partial charge in [-0.2, -0.15) is 12.6 Å². The van der Waals surface area contributed by atoms with Crippen molar-refractivity contribution in [1.29, 1.82) is 0 Å². The van der Waals surface area contributed by atoms with E-state index in [1.165, 1.54) is 6.42 Å². The summed E-state index contributed by atoms with van der Waals surface area (Å²) in [7, 11) is 0. The molecule has 1 aliphatic heterocycles. The average molecular weight is 205 g/mol. The Balaban J connectivity index is 0.000000223. The maximum Gasteiger partial charge on any atom is 0.293 e. The summed E-state index contributed by atoms with van der Waals surface area (Å²) in [5.74, 6) is 0. The van der Waals surface area contributed by atoms with Crippen LogP contribution in [0.25, 0.3) is 0 Å². The Morgan fingerprint density at radius 1 is 1.54 bits per heavy atom. The Labute approximate surface area is 85.6 Å². The number of ether oxygens (including phenoxy) is 1. The largest absolute Gasteiger partial charge is 0.462 e. The van der Waals surface area contributed by atoms with Crippen molar-refractivity contribution in [3.05, 3.63) is 0 Å². The molecular formula is C9H19NO2S. The lowest BCUT2D eigenvalue weighted by Crippen LogP contribution is -2.17. The van der Waals surface area contributed by atoms with Gasteiger partial charge in [0.05, 0.1) is 0 Å². The van der Waals surface area contributed by atoms with Gasteiger partial charge in [0, 0.05) is 11.8 Å². The lowest BCUT2D eigenvalue weighted by molar-refractivity contribution is -0.138. The van der Waals surface area contributed by atoms with E-state index in [9.17, 15) is 4.79 Å². The topological polar surface area (TPSA) is 38.3 Å². The molecule has 1 heterocycles. The second-order valence-corrected chi connectivity index (χ2v) is 4.70. The Morgan fingerprint density at radius 3 is 2.23 bits per heavy atom. The molecule has 1 saturated heterocycles. The van der Waals surface area contributed by atoms with Gasteiger partial charge in [-0.15, -0.1) is 0 Å². The molecular weight excluding hydrogens is 186 g/mol. The van der Waals surface area contributed by atoms with Gasteiger partial charge in [0.15, 0.2) is 0 Å². The molecule has 13 heavy (non-hydrogen) atoms. The number of rotatable bonds is 1. The van der Waals surface area contributed by atoms with Crippen LogP contribution in [0.3, 0.4) is 0 Å². The molecule has 0 spiro atoms. The summed E-state index contributed by atoms with van der Waals surface area (Å²) in [4.78, 5) is 9.60. The van der Waals surface area contributed by atoms with Gasteiger partial charge in [0.1, 0.15) is 5.60 Å². The van der Waals surface area contributed by atoms with Crippen molar-refractivity contribution in [2.75, 3.05) is 13.1 Å². The first kappa shape index (κ1) is 12.8. The Hall–Kier alpha value is -0.220. The number of thiol groups is 1. The molecule has 0 unspecified atom stereocenters. The van der Waals surface area contributed by atoms with Gasteiger partial charge in [-0.1, -0.05) is 0 Å². The first-order chi connectivity index (χ1) is 5.95. The van der Waals surface area contributed by atoms with E-state index in [0.29, 0.717) is 11.7 Å². The van der Waals surface area contributed by atoms with Gasteiger partial charge in [-0.3, -0.25) is 4.79 Å². The second kappa shape index (κ2) is 6.27. The summed E-state index contributed by atoms with van der Waals surface area (Å²) < 4.78 is 4.55. The molecule has 0 aromatic heterocycles. The van der Waals surface area contributed by atoms with Crippen LogP contribution in [-0.4, -0.2) is 30.4 Å². The van der Waals surface area contributed by atoms with E-state index in [1.54, 1.807) is 0 Å². The highest BCUT2D eigenvalue weighted by molar-refractivity contribution is 7.81. The van der Waals surface area contributed by atoms with Crippen molar-refractivity contribution in [3.63, 3.8) is 0 Å². The SMILES string of the molecule is CC(C)(C)OC=O.S[C@H]1CCNC1. The molecule has 0 aromatic rings. The molecule has 1 atom stereocenters. The zero-order valence-electron chi connectivity index (χ0n) is 8.54. The van der Waals surface area contributed by atoms with Gasteiger partial charge >= 0.3 is 0 Å². The van der Waals surface area contributed by atoms with E-state index < -0.39 is 0 Å².